The number of benzene rings is 2. The molecule has 0 bridgehead atoms. The summed E-state index contributed by atoms with van der Waals surface area (Å²) >= 11 is 0. The molecular formula is C24H32N4O. The minimum atomic E-state index is 0.0168. The molecule has 1 saturated heterocycles. The fourth-order valence-electron chi connectivity index (χ4n) is 4.50. The van der Waals surface area contributed by atoms with Gasteiger partial charge in [0.25, 0.3) is 5.91 Å². The predicted molar refractivity (Wildman–Crippen MR) is 119 cm³/mol. The van der Waals surface area contributed by atoms with E-state index >= 15 is 0 Å². The van der Waals surface area contributed by atoms with Gasteiger partial charge in [-0.15, -0.1) is 0 Å². The molecule has 0 unspecified atom stereocenters. The van der Waals surface area contributed by atoms with Crippen LogP contribution in [-0.4, -0.2) is 69.1 Å². The lowest BCUT2D eigenvalue weighted by Crippen LogP contribution is -2.48. The molecule has 2 aliphatic heterocycles. The summed E-state index contributed by atoms with van der Waals surface area (Å²) in [7, 11) is 4.34. The van der Waals surface area contributed by atoms with Crippen molar-refractivity contribution < 1.29 is 4.79 Å². The van der Waals surface area contributed by atoms with Crippen LogP contribution in [0.4, 0.5) is 5.69 Å². The lowest BCUT2D eigenvalue weighted by atomic mass is 9.99. The van der Waals surface area contributed by atoms with Crippen molar-refractivity contribution in [2.24, 2.45) is 0 Å². The fraction of sp³-hybridized carbons (Fsp3) is 0.458. The lowest BCUT2D eigenvalue weighted by Gasteiger charge is -2.38. The van der Waals surface area contributed by atoms with Crippen molar-refractivity contribution in [2.45, 2.75) is 19.4 Å². The van der Waals surface area contributed by atoms with Crippen molar-refractivity contribution in [2.75, 3.05) is 58.3 Å². The number of amides is 1. The number of nitrogens with one attached hydrogen (secondary N) is 1. The number of carbonyl (C=O) groups is 1. The second-order valence-electron chi connectivity index (χ2n) is 8.44. The quantitative estimate of drug-likeness (QED) is 0.849. The van der Waals surface area contributed by atoms with Crippen LogP contribution >= 0.6 is 0 Å². The van der Waals surface area contributed by atoms with Gasteiger partial charge in [0.1, 0.15) is 0 Å². The third-order valence-corrected chi connectivity index (χ3v) is 6.44. The molecule has 1 N–H and O–H groups in total. The zero-order valence-electron chi connectivity index (χ0n) is 17.8. The molecule has 2 aromatic rings. The average molecular weight is 393 g/mol. The summed E-state index contributed by atoms with van der Waals surface area (Å²) in [5, 5.41) is 3.22. The first-order valence-corrected chi connectivity index (χ1v) is 10.6. The molecule has 2 aliphatic rings. The molecule has 1 atom stereocenters. The zero-order chi connectivity index (χ0) is 20.4. The van der Waals surface area contributed by atoms with E-state index in [2.05, 4.69) is 52.3 Å². The summed E-state index contributed by atoms with van der Waals surface area (Å²) in [5.41, 5.74) is 5.86. The molecule has 2 aromatic carbocycles. The number of likely N-dealkylation sites (N-methyl/N-ethyl adjacent to an activating group) is 2. The number of rotatable bonds is 5. The van der Waals surface area contributed by atoms with Crippen molar-refractivity contribution in [1.82, 2.24) is 15.1 Å². The van der Waals surface area contributed by atoms with Gasteiger partial charge < -0.3 is 15.1 Å². The van der Waals surface area contributed by atoms with Gasteiger partial charge in [-0.25, -0.2) is 0 Å². The molecule has 1 amide bonds. The minimum absolute atomic E-state index is 0.0168. The van der Waals surface area contributed by atoms with E-state index in [4.69, 9.17) is 0 Å². The Morgan fingerprint density at radius 1 is 1.03 bits per heavy atom. The summed E-state index contributed by atoms with van der Waals surface area (Å²) < 4.78 is 0. The van der Waals surface area contributed by atoms with Gasteiger partial charge in [-0.1, -0.05) is 30.3 Å². The van der Waals surface area contributed by atoms with E-state index in [1.165, 1.54) is 16.8 Å². The number of nitrogens with zero attached hydrogens (tertiary/aromatic N) is 3. The second kappa shape index (κ2) is 8.56. The van der Waals surface area contributed by atoms with E-state index in [1.807, 2.05) is 31.2 Å². The van der Waals surface area contributed by atoms with Crippen LogP contribution in [0.2, 0.25) is 0 Å². The molecule has 0 saturated carbocycles. The maximum atomic E-state index is 12.8. The van der Waals surface area contributed by atoms with Crippen molar-refractivity contribution in [3.63, 3.8) is 0 Å². The lowest BCUT2D eigenvalue weighted by molar-refractivity contribution is 0.0885. The number of aryl methyl sites for hydroxylation is 1. The van der Waals surface area contributed by atoms with E-state index in [0.717, 1.165) is 50.3 Å². The van der Waals surface area contributed by atoms with Crippen molar-refractivity contribution in [1.29, 1.82) is 0 Å². The average Bonchev–Trinajstić information content (AvgIpc) is 3.10. The highest BCUT2D eigenvalue weighted by Gasteiger charge is 2.26. The van der Waals surface area contributed by atoms with Crippen LogP contribution < -0.4 is 10.2 Å². The van der Waals surface area contributed by atoms with Gasteiger partial charge in [-0.2, -0.15) is 0 Å². The van der Waals surface area contributed by atoms with Crippen molar-refractivity contribution >= 4 is 11.6 Å². The van der Waals surface area contributed by atoms with E-state index in [9.17, 15) is 4.79 Å². The third kappa shape index (κ3) is 4.31. The van der Waals surface area contributed by atoms with Crippen LogP contribution in [-0.2, 0) is 6.42 Å². The molecule has 0 radical (unpaired) electrons. The monoisotopic (exact) mass is 392 g/mol. The number of anilines is 1. The van der Waals surface area contributed by atoms with Gasteiger partial charge in [0, 0.05) is 57.6 Å². The Morgan fingerprint density at radius 2 is 1.79 bits per heavy atom. The molecule has 1 fully saturated rings. The fourth-order valence-corrected chi connectivity index (χ4v) is 4.50. The summed E-state index contributed by atoms with van der Waals surface area (Å²) in [5.74, 6) is 0.0168. The van der Waals surface area contributed by atoms with E-state index in [-0.39, 0.29) is 11.9 Å². The number of hydrogen-bond acceptors (Lipinski definition) is 4. The first kappa shape index (κ1) is 19.9. The maximum Gasteiger partial charge on any atom is 0.251 e. The van der Waals surface area contributed by atoms with Crippen molar-refractivity contribution in [3.05, 3.63) is 64.7 Å². The van der Waals surface area contributed by atoms with Crippen LogP contribution in [0.3, 0.4) is 0 Å². The standard InChI is InChI=1S/C24H32N4O/c1-18-6-4-5-7-21(18)24(29)25-17-23(28-14-12-26(2)13-15-28)19-8-9-22-20(16-19)10-11-27(22)3/h4-9,16,23H,10-15,17H2,1-3H3,(H,25,29)/t23-/m1/s1. The van der Waals surface area contributed by atoms with Gasteiger partial charge in [-0.05, 0) is 49.2 Å². The first-order chi connectivity index (χ1) is 14.0. The smallest absolute Gasteiger partial charge is 0.251 e. The molecule has 4 rings (SSSR count). The molecule has 5 heteroatoms. The first-order valence-electron chi connectivity index (χ1n) is 10.6. The van der Waals surface area contributed by atoms with Crippen LogP contribution in [0.1, 0.15) is 33.1 Å². The molecule has 0 spiro atoms. The molecule has 0 aromatic heterocycles. The Bertz CT molecular complexity index is 873. The Hall–Kier alpha value is -2.37. The van der Waals surface area contributed by atoms with Gasteiger partial charge in [0.05, 0.1) is 6.04 Å². The minimum Gasteiger partial charge on any atom is -0.374 e. The summed E-state index contributed by atoms with van der Waals surface area (Å²) in [6.45, 7) is 7.89. The number of fused-ring (bicyclic) bond motifs is 1. The normalized spacial score (nSPS) is 18.5. The summed E-state index contributed by atoms with van der Waals surface area (Å²) in [6.07, 6.45) is 1.10. The van der Waals surface area contributed by atoms with Gasteiger partial charge in [-0.3, -0.25) is 9.69 Å². The number of hydrogen-bond donors (Lipinski definition) is 1. The van der Waals surface area contributed by atoms with Gasteiger partial charge in [0.2, 0.25) is 0 Å². The number of piperazine rings is 1. The molecular weight excluding hydrogens is 360 g/mol. The molecule has 5 nitrogen and oxygen atoms in total. The third-order valence-electron chi connectivity index (χ3n) is 6.44. The molecule has 0 aliphatic carbocycles. The number of carbonyl (C=O) groups excluding carboxylic acids is 1. The largest absolute Gasteiger partial charge is 0.374 e. The topological polar surface area (TPSA) is 38.8 Å². The van der Waals surface area contributed by atoms with E-state index in [1.54, 1.807) is 0 Å². The second-order valence-corrected chi connectivity index (χ2v) is 8.44. The Balaban J connectivity index is 1.54. The van der Waals surface area contributed by atoms with Crippen LogP contribution in [0, 0.1) is 6.92 Å². The highest BCUT2D eigenvalue weighted by molar-refractivity contribution is 5.95. The van der Waals surface area contributed by atoms with Gasteiger partial charge in [0.15, 0.2) is 0 Å². The predicted octanol–water partition coefficient (Wildman–Crippen LogP) is 2.71. The maximum absolute atomic E-state index is 12.8. The van der Waals surface area contributed by atoms with Crippen LogP contribution in [0.15, 0.2) is 42.5 Å². The molecule has 29 heavy (non-hydrogen) atoms. The highest BCUT2D eigenvalue weighted by atomic mass is 16.1. The zero-order valence-corrected chi connectivity index (χ0v) is 17.8. The van der Waals surface area contributed by atoms with E-state index in [0.29, 0.717) is 6.54 Å². The Kier molecular flexibility index (Phi) is 5.88. The van der Waals surface area contributed by atoms with Crippen molar-refractivity contribution in [3.8, 4) is 0 Å². The SMILES string of the molecule is Cc1ccccc1C(=O)NC[C@H](c1ccc2c(c1)CCN2C)N1CCN(C)CC1. The summed E-state index contributed by atoms with van der Waals surface area (Å²) in [6, 6.07) is 14.9. The Morgan fingerprint density at radius 3 is 2.55 bits per heavy atom. The van der Waals surface area contributed by atoms with Gasteiger partial charge >= 0.3 is 0 Å². The Labute approximate surface area is 174 Å². The van der Waals surface area contributed by atoms with E-state index < -0.39 is 0 Å². The van der Waals surface area contributed by atoms with Crippen LogP contribution in [0.25, 0.3) is 0 Å². The summed E-state index contributed by atoms with van der Waals surface area (Å²) in [4.78, 5) is 20.0. The molecule has 154 valence electrons. The highest BCUT2D eigenvalue weighted by Crippen LogP contribution is 2.31. The van der Waals surface area contributed by atoms with Crippen LogP contribution in [0.5, 0.6) is 0 Å². The molecule has 2 heterocycles.